The molecule has 25 heavy (non-hydrogen) atoms. The van der Waals surface area contributed by atoms with Crippen molar-refractivity contribution in [3.05, 3.63) is 54.2 Å². The lowest BCUT2D eigenvalue weighted by molar-refractivity contribution is -0.118. The SMILES string of the molecule is O=C(CCc1c[nH]c2ccccc12)Nc1ccc2c(c1)NC(=O)CO2. The maximum Gasteiger partial charge on any atom is 0.262 e. The largest absolute Gasteiger partial charge is 0.482 e. The minimum absolute atomic E-state index is 0.0172. The minimum Gasteiger partial charge on any atom is -0.482 e. The molecule has 0 saturated heterocycles. The van der Waals surface area contributed by atoms with Crippen molar-refractivity contribution in [1.29, 1.82) is 0 Å². The van der Waals surface area contributed by atoms with Crippen molar-refractivity contribution < 1.29 is 14.3 Å². The van der Waals surface area contributed by atoms with Crippen LogP contribution in [0.4, 0.5) is 11.4 Å². The Kier molecular flexibility index (Phi) is 3.85. The number of carbonyl (C=O) groups is 2. The molecule has 0 fully saturated rings. The smallest absolute Gasteiger partial charge is 0.262 e. The number of amides is 2. The number of para-hydroxylation sites is 1. The molecule has 0 radical (unpaired) electrons. The van der Waals surface area contributed by atoms with Crippen molar-refractivity contribution in [1.82, 2.24) is 4.98 Å². The first-order chi connectivity index (χ1) is 12.2. The van der Waals surface area contributed by atoms with Crippen molar-refractivity contribution >= 4 is 34.1 Å². The van der Waals surface area contributed by atoms with Gasteiger partial charge in [0.15, 0.2) is 6.61 Å². The summed E-state index contributed by atoms with van der Waals surface area (Å²) < 4.78 is 5.30. The normalized spacial score (nSPS) is 13.0. The van der Waals surface area contributed by atoms with Gasteiger partial charge in [-0.15, -0.1) is 0 Å². The molecule has 6 heteroatoms. The number of carbonyl (C=O) groups excluding carboxylic acids is 2. The van der Waals surface area contributed by atoms with E-state index in [1.165, 1.54) is 0 Å². The highest BCUT2D eigenvalue weighted by molar-refractivity contribution is 5.97. The van der Waals surface area contributed by atoms with Crippen molar-refractivity contribution in [2.24, 2.45) is 0 Å². The highest BCUT2D eigenvalue weighted by Crippen LogP contribution is 2.30. The van der Waals surface area contributed by atoms with Crippen molar-refractivity contribution in [3.63, 3.8) is 0 Å². The van der Waals surface area contributed by atoms with Gasteiger partial charge in [-0.1, -0.05) is 18.2 Å². The zero-order valence-electron chi connectivity index (χ0n) is 13.5. The van der Waals surface area contributed by atoms with E-state index in [2.05, 4.69) is 15.6 Å². The highest BCUT2D eigenvalue weighted by Gasteiger charge is 2.16. The maximum atomic E-state index is 12.2. The van der Waals surface area contributed by atoms with Gasteiger partial charge in [0.2, 0.25) is 5.91 Å². The molecule has 126 valence electrons. The number of rotatable bonds is 4. The van der Waals surface area contributed by atoms with Crippen LogP contribution in [0.1, 0.15) is 12.0 Å². The van der Waals surface area contributed by atoms with Crippen molar-refractivity contribution in [2.75, 3.05) is 17.2 Å². The molecule has 6 nitrogen and oxygen atoms in total. The molecular formula is C19H17N3O3. The molecule has 0 atom stereocenters. The van der Waals surface area contributed by atoms with Gasteiger partial charge in [-0.2, -0.15) is 0 Å². The number of hydrogen-bond donors (Lipinski definition) is 3. The second kappa shape index (κ2) is 6.32. The van der Waals surface area contributed by atoms with Crippen molar-refractivity contribution in [3.8, 4) is 5.75 Å². The number of ether oxygens (including phenoxy) is 1. The average molecular weight is 335 g/mol. The molecule has 0 unspecified atom stereocenters. The Morgan fingerprint density at radius 3 is 3.00 bits per heavy atom. The molecule has 0 aliphatic carbocycles. The van der Waals surface area contributed by atoms with Gasteiger partial charge in [0.05, 0.1) is 5.69 Å². The zero-order valence-corrected chi connectivity index (χ0v) is 13.5. The molecule has 3 aromatic rings. The molecule has 0 saturated carbocycles. The number of nitrogens with one attached hydrogen (secondary N) is 3. The summed E-state index contributed by atoms with van der Waals surface area (Å²) in [5.74, 6) is 0.333. The second-order valence-corrected chi connectivity index (χ2v) is 5.96. The fourth-order valence-electron chi connectivity index (χ4n) is 2.97. The summed E-state index contributed by atoms with van der Waals surface area (Å²) in [6, 6.07) is 13.2. The summed E-state index contributed by atoms with van der Waals surface area (Å²) >= 11 is 0. The number of anilines is 2. The summed E-state index contributed by atoms with van der Waals surface area (Å²) in [6.07, 6.45) is 2.98. The van der Waals surface area contributed by atoms with E-state index in [-0.39, 0.29) is 18.4 Å². The van der Waals surface area contributed by atoms with E-state index in [1.807, 2.05) is 30.5 Å². The molecule has 1 aromatic heterocycles. The van der Waals surface area contributed by atoms with Crippen LogP contribution < -0.4 is 15.4 Å². The number of fused-ring (bicyclic) bond motifs is 2. The Morgan fingerprint density at radius 2 is 2.08 bits per heavy atom. The number of hydrogen-bond acceptors (Lipinski definition) is 3. The van der Waals surface area contributed by atoms with Gasteiger partial charge in [-0.3, -0.25) is 9.59 Å². The number of aryl methyl sites for hydroxylation is 1. The molecule has 0 spiro atoms. The number of aromatic nitrogens is 1. The third-order valence-corrected chi connectivity index (χ3v) is 4.19. The van der Waals surface area contributed by atoms with Crippen LogP contribution in [-0.4, -0.2) is 23.4 Å². The topological polar surface area (TPSA) is 83.2 Å². The molecule has 1 aliphatic heterocycles. The molecule has 2 heterocycles. The van der Waals surface area contributed by atoms with Crippen LogP contribution in [0.3, 0.4) is 0 Å². The fraction of sp³-hybridized carbons (Fsp3) is 0.158. The highest BCUT2D eigenvalue weighted by atomic mass is 16.5. The minimum atomic E-state index is -0.199. The molecule has 4 rings (SSSR count). The summed E-state index contributed by atoms with van der Waals surface area (Å²) in [6.45, 7) is 0.0172. The average Bonchev–Trinajstić information content (AvgIpc) is 3.03. The molecule has 0 bridgehead atoms. The second-order valence-electron chi connectivity index (χ2n) is 5.96. The van der Waals surface area contributed by atoms with Gasteiger partial charge in [0.25, 0.3) is 5.91 Å². The first kappa shape index (κ1) is 15.3. The predicted molar refractivity (Wildman–Crippen MR) is 95.8 cm³/mol. The van der Waals surface area contributed by atoms with Crippen LogP contribution in [0.15, 0.2) is 48.7 Å². The van der Waals surface area contributed by atoms with Crippen LogP contribution in [0.5, 0.6) is 5.75 Å². The lowest BCUT2D eigenvalue weighted by atomic mass is 10.1. The van der Waals surface area contributed by atoms with Crippen LogP contribution in [-0.2, 0) is 16.0 Å². The van der Waals surface area contributed by atoms with E-state index in [9.17, 15) is 9.59 Å². The van der Waals surface area contributed by atoms with E-state index in [0.29, 0.717) is 30.0 Å². The number of H-pyrrole nitrogens is 1. The van der Waals surface area contributed by atoms with Gasteiger partial charge in [0, 0.05) is 29.2 Å². The first-order valence-electron chi connectivity index (χ1n) is 8.10. The summed E-state index contributed by atoms with van der Waals surface area (Å²) in [7, 11) is 0. The van der Waals surface area contributed by atoms with Crippen LogP contribution >= 0.6 is 0 Å². The van der Waals surface area contributed by atoms with E-state index in [1.54, 1.807) is 18.2 Å². The monoisotopic (exact) mass is 335 g/mol. The van der Waals surface area contributed by atoms with Gasteiger partial charge >= 0.3 is 0 Å². The van der Waals surface area contributed by atoms with Gasteiger partial charge in [-0.05, 0) is 36.2 Å². The first-order valence-corrected chi connectivity index (χ1v) is 8.10. The standard InChI is InChI=1S/C19H17N3O3/c23-18(8-5-12-10-20-15-4-2-1-3-14(12)15)21-13-6-7-17-16(9-13)22-19(24)11-25-17/h1-4,6-7,9-10,20H,5,8,11H2,(H,21,23)(H,22,24). The molecular weight excluding hydrogens is 318 g/mol. The molecule has 1 aliphatic rings. The Balaban J connectivity index is 1.41. The Morgan fingerprint density at radius 1 is 1.20 bits per heavy atom. The van der Waals surface area contributed by atoms with E-state index in [0.717, 1.165) is 16.5 Å². The Labute approximate surface area is 144 Å². The predicted octanol–water partition coefficient (Wildman–Crippen LogP) is 3.07. The Hall–Kier alpha value is -3.28. The number of aromatic amines is 1. The van der Waals surface area contributed by atoms with Gasteiger partial charge < -0.3 is 20.4 Å². The lowest BCUT2D eigenvalue weighted by Gasteiger charge is -2.18. The van der Waals surface area contributed by atoms with Gasteiger partial charge in [0.1, 0.15) is 5.75 Å². The molecule has 3 N–H and O–H groups in total. The summed E-state index contributed by atoms with van der Waals surface area (Å²) in [4.78, 5) is 26.8. The number of benzene rings is 2. The maximum absolute atomic E-state index is 12.2. The van der Waals surface area contributed by atoms with Crippen LogP contribution in [0.2, 0.25) is 0 Å². The molecule has 2 amide bonds. The Bertz CT molecular complexity index is 961. The van der Waals surface area contributed by atoms with E-state index in [4.69, 9.17) is 4.74 Å². The fourth-order valence-corrected chi connectivity index (χ4v) is 2.97. The van der Waals surface area contributed by atoms with Crippen molar-refractivity contribution in [2.45, 2.75) is 12.8 Å². The van der Waals surface area contributed by atoms with E-state index < -0.39 is 0 Å². The third-order valence-electron chi connectivity index (χ3n) is 4.19. The third kappa shape index (κ3) is 3.19. The van der Waals surface area contributed by atoms with Crippen LogP contribution in [0, 0.1) is 0 Å². The lowest BCUT2D eigenvalue weighted by Crippen LogP contribution is -2.25. The molecule has 2 aromatic carbocycles. The quantitative estimate of drug-likeness (QED) is 0.685. The summed E-state index contributed by atoms with van der Waals surface area (Å²) in [5, 5.41) is 6.73. The van der Waals surface area contributed by atoms with Gasteiger partial charge in [-0.25, -0.2) is 0 Å². The van der Waals surface area contributed by atoms with E-state index >= 15 is 0 Å². The van der Waals surface area contributed by atoms with Crippen LogP contribution in [0.25, 0.3) is 10.9 Å². The zero-order chi connectivity index (χ0) is 17.2. The summed E-state index contributed by atoms with van der Waals surface area (Å²) in [5.41, 5.74) is 3.40.